The zero-order chi connectivity index (χ0) is 18.6. The van der Waals surface area contributed by atoms with Gasteiger partial charge in [-0.1, -0.05) is 30.3 Å². The number of nitrogens with one attached hydrogen (secondary N) is 1. The van der Waals surface area contributed by atoms with Crippen LogP contribution >= 0.6 is 0 Å². The second kappa shape index (κ2) is 7.29. The Morgan fingerprint density at radius 1 is 1.11 bits per heavy atom. The van der Waals surface area contributed by atoms with Crippen molar-refractivity contribution in [3.8, 4) is 17.0 Å². The van der Waals surface area contributed by atoms with Crippen LogP contribution in [0.2, 0.25) is 0 Å². The molecule has 0 saturated heterocycles. The largest absolute Gasteiger partial charge is 0.444 e. The number of benzene rings is 2. The first kappa shape index (κ1) is 16.8. The van der Waals surface area contributed by atoms with Crippen molar-refractivity contribution in [1.29, 1.82) is 0 Å². The summed E-state index contributed by atoms with van der Waals surface area (Å²) < 4.78 is 7.07. The molecule has 0 saturated carbocycles. The molecule has 2 aromatic carbocycles. The first-order chi connectivity index (χ1) is 13.2. The number of hydrogen-bond acceptors (Lipinski definition) is 4. The fraction of sp³-hybridized carbons (Fsp3) is 0.0952. The molecular weight excluding hydrogens is 340 g/mol. The Morgan fingerprint density at radius 3 is 2.63 bits per heavy atom. The first-order valence-electron chi connectivity index (χ1n) is 8.61. The van der Waals surface area contributed by atoms with Crippen LogP contribution in [0.3, 0.4) is 0 Å². The number of aromatic nitrogens is 3. The van der Waals surface area contributed by atoms with Crippen molar-refractivity contribution in [2.24, 2.45) is 0 Å². The number of hydrogen-bond donors (Lipinski definition) is 1. The van der Waals surface area contributed by atoms with Crippen LogP contribution in [0.4, 0.5) is 0 Å². The lowest BCUT2D eigenvalue weighted by molar-refractivity contribution is 0.0940. The molecule has 6 nitrogen and oxygen atoms in total. The van der Waals surface area contributed by atoms with Crippen molar-refractivity contribution < 1.29 is 9.21 Å². The van der Waals surface area contributed by atoms with Gasteiger partial charge < -0.3 is 9.73 Å². The first-order valence-corrected chi connectivity index (χ1v) is 8.61. The summed E-state index contributed by atoms with van der Waals surface area (Å²) >= 11 is 0. The minimum Gasteiger partial charge on any atom is -0.444 e. The van der Waals surface area contributed by atoms with Gasteiger partial charge in [-0.3, -0.25) is 4.79 Å². The molecule has 134 valence electrons. The van der Waals surface area contributed by atoms with Gasteiger partial charge in [0.05, 0.1) is 17.9 Å². The Hall–Kier alpha value is -3.67. The third-order valence-corrected chi connectivity index (χ3v) is 4.37. The summed E-state index contributed by atoms with van der Waals surface area (Å²) in [6, 6.07) is 16.8. The molecule has 6 heteroatoms. The molecule has 1 atom stereocenters. The van der Waals surface area contributed by atoms with E-state index in [0.29, 0.717) is 11.3 Å². The predicted molar refractivity (Wildman–Crippen MR) is 101 cm³/mol. The van der Waals surface area contributed by atoms with Crippen LogP contribution in [-0.4, -0.2) is 20.7 Å². The van der Waals surface area contributed by atoms with Crippen molar-refractivity contribution in [3.05, 3.63) is 90.7 Å². The van der Waals surface area contributed by atoms with Gasteiger partial charge in [-0.05, 0) is 36.8 Å². The van der Waals surface area contributed by atoms with Crippen molar-refractivity contribution in [2.45, 2.75) is 13.0 Å². The topological polar surface area (TPSA) is 73.0 Å². The third-order valence-electron chi connectivity index (χ3n) is 4.37. The quantitative estimate of drug-likeness (QED) is 0.585. The fourth-order valence-electron chi connectivity index (χ4n) is 2.98. The van der Waals surface area contributed by atoms with E-state index in [1.807, 2.05) is 55.6 Å². The predicted octanol–water partition coefficient (Wildman–Crippen LogP) is 4.02. The number of para-hydroxylation sites is 1. The summed E-state index contributed by atoms with van der Waals surface area (Å²) in [6.45, 7) is 1.96. The molecule has 2 aromatic heterocycles. The summed E-state index contributed by atoms with van der Waals surface area (Å²) in [5.41, 5.74) is 3.40. The minimum atomic E-state index is -0.174. The lowest BCUT2D eigenvalue weighted by Crippen LogP contribution is -2.27. The number of carbonyl (C=O) groups is 1. The van der Waals surface area contributed by atoms with Gasteiger partial charge in [-0.15, -0.1) is 0 Å². The van der Waals surface area contributed by atoms with Gasteiger partial charge in [0, 0.05) is 23.5 Å². The zero-order valence-electron chi connectivity index (χ0n) is 14.7. The molecule has 1 amide bonds. The molecule has 4 rings (SSSR count). The highest BCUT2D eigenvalue weighted by Gasteiger charge is 2.15. The van der Waals surface area contributed by atoms with E-state index in [1.165, 1.54) is 6.39 Å². The van der Waals surface area contributed by atoms with Crippen molar-refractivity contribution >= 4 is 5.91 Å². The summed E-state index contributed by atoms with van der Waals surface area (Å²) in [5, 5.41) is 7.34. The van der Waals surface area contributed by atoms with E-state index in [9.17, 15) is 4.79 Å². The van der Waals surface area contributed by atoms with E-state index in [2.05, 4.69) is 15.4 Å². The Morgan fingerprint density at radius 2 is 1.93 bits per heavy atom. The Labute approximate surface area is 156 Å². The van der Waals surface area contributed by atoms with Crippen LogP contribution in [0, 0.1) is 0 Å². The molecule has 2 heterocycles. The number of amides is 1. The maximum Gasteiger partial charge on any atom is 0.251 e. The molecule has 0 aliphatic carbocycles. The van der Waals surface area contributed by atoms with Gasteiger partial charge in [0.15, 0.2) is 12.2 Å². The Balaban J connectivity index is 1.52. The molecule has 0 spiro atoms. The SMILES string of the molecule is CC(NC(=O)c1ccc(-c2cnco2)cc1)c1ccccc1-n1cccn1. The maximum atomic E-state index is 12.7. The smallest absolute Gasteiger partial charge is 0.251 e. The third kappa shape index (κ3) is 3.50. The normalized spacial score (nSPS) is 11.9. The van der Waals surface area contributed by atoms with Gasteiger partial charge in [-0.25, -0.2) is 9.67 Å². The van der Waals surface area contributed by atoms with Crippen LogP contribution in [0.1, 0.15) is 28.9 Å². The Bertz CT molecular complexity index is 1020. The molecule has 4 aromatic rings. The van der Waals surface area contributed by atoms with Crippen molar-refractivity contribution in [1.82, 2.24) is 20.1 Å². The minimum absolute atomic E-state index is 0.137. The summed E-state index contributed by atoms with van der Waals surface area (Å²) in [4.78, 5) is 16.6. The Kier molecular flexibility index (Phi) is 4.53. The van der Waals surface area contributed by atoms with E-state index < -0.39 is 0 Å². The molecule has 0 radical (unpaired) electrons. The molecule has 1 N–H and O–H groups in total. The maximum absolute atomic E-state index is 12.7. The number of oxazole rings is 1. The highest BCUT2D eigenvalue weighted by molar-refractivity contribution is 5.94. The van der Waals surface area contributed by atoms with Gasteiger partial charge >= 0.3 is 0 Å². The highest BCUT2D eigenvalue weighted by Crippen LogP contribution is 2.22. The van der Waals surface area contributed by atoms with E-state index in [-0.39, 0.29) is 11.9 Å². The monoisotopic (exact) mass is 358 g/mol. The molecule has 1 unspecified atom stereocenters. The van der Waals surface area contributed by atoms with Crippen molar-refractivity contribution in [3.63, 3.8) is 0 Å². The fourth-order valence-corrected chi connectivity index (χ4v) is 2.98. The van der Waals surface area contributed by atoms with Gasteiger partial charge in [0.2, 0.25) is 0 Å². The molecule has 0 aliphatic rings. The molecule has 27 heavy (non-hydrogen) atoms. The van der Waals surface area contributed by atoms with Crippen LogP contribution < -0.4 is 5.32 Å². The highest BCUT2D eigenvalue weighted by atomic mass is 16.3. The molecular formula is C21H18N4O2. The number of carbonyl (C=O) groups excluding carboxylic acids is 1. The van der Waals surface area contributed by atoms with E-state index >= 15 is 0 Å². The van der Waals surface area contributed by atoms with E-state index in [4.69, 9.17) is 4.42 Å². The summed E-state index contributed by atoms with van der Waals surface area (Å²) in [6.07, 6.45) is 6.64. The van der Waals surface area contributed by atoms with Gasteiger partial charge in [-0.2, -0.15) is 5.10 Å². The summed E-state index contributed by atoms with van der Waals surface area (Å²) in [7, 11) is 0. The van der Waals surface area contributed by atoms with Crippen LogP contribution in [0.5, 0.6) is 0 Å². The summed E-state index contributed by atoms with van der Waals surface area (Å²) in [5.74, 6) is 0.533. The zero-order valence-corrected chi connectivity index (χ0v) is 14.7. The number of nitrogens with zero attached hydrogens (tertiary/aromatic N) is 3. The van der Waals surface area contributed by atoms with Gasteiger partial charge in [0.25, 0.3) is 5.91 Å². The lowest BCUT2D eigenvalue weighted by atomic mass is 10.0. The lowest BCUT2D eigenvalue weighted by Gasteiger charge is -2.18. The second-order valence-electron chi connectivity index (χ2n) is 6.15. The average molecular weight is 358 g/mol. The van der Waals surface area contributed by atoms with Crippen LogP contribution in [0.15, 0.2) is 84.0 Å². The van der Waals surface area contributed by atoms with Crippen LogP contribution in [0.25, 0.3) is 17.0 Å². The molecule has 0 bridgehead atoms. The van der Waals surface area contributed by atoms with E-state index in [1.54, 1.807) is 29.2 Å². The molecule has 0 fully saturated rings. The second-order valence-corrected chi connectivity index (χ2v) is 6.15. The van der Waals surface area contributed by atoms with Crippen molar-refractivity contribution in [2.75, 3.05) is 0 Å². The molecule has 0 aliphatic heterocycles. The van der Waals surface area contributed by atoms with Gasteiger partial charge in [0.1, 0.15) is 0 Å². The average Bonchev–Trinajstić information content (AvgIpc) is 3.42. The van der Waals surface area contributed by atoms with E-state index in [0.717, 1.165) is 16.8 Å². The standard InChI is InChI=1S/C21H18N4O2/c1-15(18-5-2-3-6-19(18)25-12-4-11-23-25)24-21(26)17-9-7-16(8-10-17)20-13-22-14-27-20/h2-15H,1H3,(H,24,26). The van der Waals surface area contributed by atoms with Crippen LogP contribution in [-0.2, 0) is 0 Å². The number of rotatable bonds is 5.